The summed E-state index contributed by atoms with van der Waals surface area (Å²) in [5, 5.41) is 30.1. The van der Waals surface area contributed by atoms with Gasteiger partial charge in [0.15, 0.2) is 0 Å². The number of nitro groups is 1. The molecule has 2 amide bonds. The van der Waals surface area contributed by atoms with E-state index in [4.69, 9.17) is 0 Å². The second-order valence-electron chi connectivity index (χ2n) is 11.8. The first-order chi connectivity index (χ1) is 18.6. The number of hydrogen-bond acceptors (Lipinski definition) is 7. The number of rotatable bonds is 8. The molecule has 4 saturated carbocycles. The molecule has 13 heteroatoms. The van der Waals surface area contributed by atoms with Crippen LogP contribution in [0.15, 0.2) is 24.8 Å². The Kier molecular flexibility index (Phi) is 5.84. The molecule has 0 spiro atoms. The molecular formula is C26H33N9O4. The largest absolute Gasteiger partial charge is 0.323 e. The predicted molar refractivity (Wildman–Crippen MR) is 141 cm³/mol. The third-order valence-electron chi connectivity index (χ3n) is 9.06. The maximum atomic E-state index is 13.5. The van der Waals surface area contributed by atoms with Crippen LogP contribution in [-0.4, -0.2) is 46.1 Å². The summed E-state index contributed by atoms with van der Waals surface area (Å²) >= 11 is 0. The standard InChI is InChI=1S/C26H33N9O4/c1-4-33-23(24(37)31-20-12-27-32(3)16(20)2)21(13-28-33)30-22(36)10-25-6-17-5-18(7-25)9-26(8-17,15-25)34-14-19(11-29-34)35(38)39/h11-14,17-18H,4-10,15H2,1-3H3,(H,30,36)(H,31,37). The third kappa shape index (κ3) is 4.29. The number of carbonyl (C=O) groups is 2. The van der Waals surface area contributed by atoms with Crippen molar-refractivity contribution in [3.63, 3.8) is 0 Å². The van der Waals surface area contributed by atoms with Crippen LogP contribution in [0.3, 0.4) is 0 Å². The molecular weight excluding hydrogens is 502 g/mol. The van der Waals surface area contributed by atoms with Gasteiger partial charge >= 0.3 is 5.69 Å². The number of aryl methyl sites for hydroxylation is 2. The summed E-state index contributed by atoms with van der Waals surface area (Å²) in [7, 11) is 1.80. The molecule has 3 heterocycles. The highest BCUT2D eigenvalue weighted by Crippen LogP contribution is 2.65. The molecule has 0 saturated heterocycles. The van der Waals surface area contributed by atoms with E-state index in [2.05, 4.69) is 25.9 Å². The molecule has 2 N–H and O–H groups in total. The molecule has 2 unspecified atom stereocenters. The van der Waals surface area contributed by atoms with E-state index in [1.165, 1.54) is 12.4 Å². The minimum Gasteiger partial charge on any atom is -0.323 e. The molecule has 0 aliphatic heterocycles. The van der Waals surface area contributed by atoms with E-state index in [-0.39, 0.29) is 28.5 Å². The van der Waals surface area contributed by atoms with Crippen LogP contribution in [0.2, 0.25) is 0 Å². The monoisotopic (exact) mass is 535 g/mol. The van der Waals surface area contributed by atoms with Gasteiger partial charge in [0.25, 0.3) is 5.91 Å². The van der Waals surface area contributed by atoms with E-state index in [0.29, 0.717) is 41.9 Å². The second kappa shape index (κ2) is 9.02. The summed E-state index contributed by atoms with van der Waals surface area (Å²) in [6.45, 7) is 4.22. The average Bonchev–Trinajstić information content (AvgIpc) is 3.59. The van der Waals surface area contributed by atoms with Crippen molar-refractivity contribution in [1.82, 2.24) is 29.3 Å². The van der Waals surface area contributed by atoms with E-state index >= 15 is 0 Å². The van der Waals surface area contributed by atoms with Gasteiger partial charge in [0.1, 0.15) is 18.1 Å². The maximum Gasteiger partial charge on any atom is 0.307 e. The van der Waals surface area contributed by atoms with Crippen molar-refractivity contribution in [3.8, 4) is 0 Å². The SMILES string of the molecule is CCn1ncc(NC(=O)CC23CC4CC(C2)CC(n2cc([N+](=O)[O-])cn2)(C4)C3)c1C(=O)Nc1cnn(C)c1C. The zero-order valence-corrected chi connectivity index (χ0v) is 22.4. The smallest absolute Gasteiger partial charge is 0.307 e. The van der Waals surface area contributed by atoms with Crippen LogP contribution >= 0.6 is 0 Å². The first-order valence-corrected chi connectivity index (χ1v) is 13.5. The van der Waals surface area contributed by atoms with Gasteiger partial charge in [0.05, 0.1) is 39.9 Å². The number of amides is 2. The van der Waals surface area contributed by atoms with Crippen LogP contribution in [0.4, 0.5) is 17.1 Å². The highest BCUT2D eigenvalue weighted by atomic mass is 16.6. The van der Waals surface area contributed by atoms with Gasteiger partial charge in [-0.15, -0.1) is 0 Å². The summed E-state index contributed by atoms with van der Waals surface area (Å²) in [5.41, 5.74) is 1.58. The van der Waals surface area contributed by atoms with Crippen LogP contribution in [-0.2, 0) is 23.9 Å². The molecule has 0 radical (unpaired) electrons. The van der Waals surface area contributed by atoms with Crippen molar-refractivity contribution in [2.24, 2.45) is 24.3 Å². The first kappa shape index (κ1) is 25.3. The molecule has 7 rings (SSSR count). The fourth-order valence-electron chi connectivity index (χ4n) is 7.84. The van der Waals surface area contributed by atoms with Crippen LogP contribution in [0, 0.1) is 34.3 Å². The lowest BCUT2D eigenvalue weighted by molar-refractivity contribution is -0.385. The first-order valence-electron chi connectivity index (χ1n) is 13.5. The van der Waals surface area contributed by atoms with Gasteiger partial charge in [-0.1, -0.05) is 0 Å². The third-order valence-corrected chi connectivity index (χ3v) is 9.06. The highest BCUT2D eigenvalue weighted by Gasteiger charge is 2.59. The van der Waals surface area contributed by atoms with Crippen molar-refractivity contribution in [3.05, 3.63) is 46.3 Å². The zero-order valence-electron chi connectivity index (χ0n) is 22.4. The van der Waals surface area contributed by atoms with E-state index < -0.39 is 4.92 Å². The number of anilines is 2. The van der Waals surface area contributed by atoms with Gasteiger partial charge < -0.3 is 10.6 Å². The molecule has 3 aromatic heterocycles. The number of hydrogen-bond donors (Lipinski definition) is 2. The van der Waals surface area contributed by atoms with Crippen molar-refractivity contribution in [2.45, 2.75) is 70.9 Å². The molecule has 4 aliphatic carbocycles. The van der Waals surface area contributed by atoms with Gasteiger partial charge in [-0.25, -0.2) is 0 Å². The molecule has 4 fully saturated rings. The van der Waals surface area contributed by atoms with Crippen molar-refractivity contribution < 1.29 is 14.5 Å². The van der Waals surface area contributed by atoms with Crippen LogP contribution < -0.4 is 10.6 Å². The number of aromatic nitrogens is 6. The van der Waals surface area contributed by atoms with Crippen LogP contribution in [0.1, 0.15) is 68.1 Å². The normalized spacial score (nSPS) is 27.1. The Bertz CT molecular complexity index is 1450. The van der Waals surface area contributed by atoms with Crippen molar-refractivity contribution in [1.29, 1.82) is 0 Å². The number of nitrogens with one attached hydrogen (secondary N) is 2. The fourth-order valence-corrected chi connectivity index (χ4v) is 7.84. The average molecular weight is 536 g/mol. The van der Waals surface area contributed by atoms with E-state index in [9.17, 15) is 19.7 Å². The number of carbonyl (C=O) groups excluding carboxylic acids is 2. The molecule has 13 nitrogen and oxygen atoms in total. The minimum atomic E-state index is -0.410. The van der Waals surface area contributed by atoms with E-state index in [1.807, 2.05) is 18.5 Å². The summed E-state index contributed by atoms with van der Waals surface area (Å²) in [6, 6.07) is 0. The molecule has 2 atom stereocenters. The molecule has 0 aromatic carbocycles. The highest BCUT2D eigenvalue weighted by molar-refractivity contribution is 6.09. The van der Waals surface area contributed by atoms with Crippen LogP contribution in [0.5, 0.6) is 0 Å². The maximum absolute atomic E-state index is 13.5. The molecule has 39 heavy (non-hydrogen) atoms. The van der Waals surface area contributed by atoms with Gasteiger partial charge in [0, 0.05) is 20.0 Å². The second-order valence-corrected chi connectivity index (χ2v) is 11.8. The Labute approximate surface area is 225 Å². The van der Waals surface area contributed by atoms with Gasteiger partial charge in [-0.05, 0) is 69.6 Å². The molecule has 4 bridgehead atoms. The lowest BCUT2D eigenvalue weighted by Crippen LogP contribution is -2.57. The Balaban J connectivity index is 1.21. The van der Waals surface area contributed by atoms with Crippen LogP contribution in [0.25, 0.3) is 0 Å². The number of nitrogens with zero attached hydrogens (tertiary/aromatic N) is 7. The van der Waals surface area contributed by atoms with Gasteiger partial charge in [-0.3, -0.25) is 33.7 Å². The van der Waals surface area contributed by atoms with Crippen molar-refractivity contribution in [2.75, 3.05) is 10.6 Å². The summed E-state index contributed by atoms with van der Waals surface area (Å²) < 4.78 is 5.06. The Morgan fingerprint density at radius 2 is 1.79 bits per heavy atom. The lowest BCUT2D eigenvalue weighted by atomic mass is 9.46. The Hall–Kier alpha value is -4.03. The molecule has 3 aromatic rings. The fraction of sp³-hybridized carbons (Fsp3) is 0.577. The predicted octanol–water partition coefficient (Wildman–Crippen LogP) is 3.63. The molecule has 4 aliphatic rings. The van der Waals surface area contributed by atoms with E-state index in [1.54, 1.807) is 28.8 Å². The van der Waals surface area contributed by atoms with Gasteiger partial charge in [0.2, 0.25) is 5.91 Å². The quantitative estimate of drug-likeness (QED) is 0.330. The minimum absolute atomic E-state index is 0.00208. The van der Waals surface area contributed by atoms with E-state index in [0.717, 1.165) is 44.2 Å². The lowest BCUT2D eigenvalue weighted by Gasteiger charge is -2.61. The summed E-state index contributed by atoms with van der Waals surface area (Å²) in [6.07, 6.45) is 12.0. The topological polar surface area (TPSA) is 155 Å². The zero-order chi connectivity index (χ0) is 27.5. The molecule has 206 valence electrons. The Morgan fingerprint density at radius 1 is 1.08 bits per heavy atom. The Morgan fingerprint density at radius 3 is 2.41 bits per heavy atom. The van der Waals surface area contributed by atoms with Gasteiger partial charge in [-0.2, -0.15) is 15.3 Å². The summed E-state index contributed by atoms with van der Waals surface area (Å²) in [4.78, 5) is 37.7. The van der Waals surface area contributed by atoms with Crippen molar-refractivity contribution >= 4 is 28.9 Å². The summed E-state index contributed by atoms with van der Waals surface area (Å²) in [5.74, 6) is 0.416.